The van der Waals surface area contributed by atoms with E-state index in [1.165, 1.54) is 0 Å². The maximum absolute atomic E-state index is 12.3. The second-order valence-corrected chi connectivity index (χ2v) is 7.73. The van der Waals surface area contributed by atoms with Gasteiger partial charge in [0.1, 0.15) is 11.3 Å². The largest absolute Gasteiger partial charge is 0.494 e. The van der Waals surface area contributed by atoms with Gasteiger partial charge in [-0.25, -0.2) is 4.68 Å². The first-order valence-corrected chi connectivity index (χ1v) is 10.9. The molecule has 0 spiro atoms. The van der Waals surface area contributed by atoms with Crippen molar-refractivity contribution in [3.05, 3.63) is 42.5 Å². The summed E-state index contributed by atoms with van der Waals surface area (Å²) in [5.41, 5.74) is 3.21. The summed E-state index contributed by atoms with van der Waals surface area (Å²) in [6, 6.07) is 13.3. The van der Waals surface area contributed by atoms with Crippen molar-refractivity contribution in [1.29, 1.82) is 0 Å². The fourth-order valence-corrected chi connectivity index (χ4v) is 3.92. The molecule has 3 heterocycles. The van der Waals surface area contributed by atoms with Gasteiger partial charge >= 0.3 is 0 Å². The Morgan fingerprint density at radius 2 is 1.88 bits per heavy atom. The van der Waals surface area contributed by atoms with Gasteiger partial charge < -0.3 is 14.2 Å². The Hall–Kier alpha value is -3.75. The first kappa shape index (κ1) is 20.2. The number of aryl methyl sites for hydroxylation is 1. The molecule has 2 aromatic carbocycles. The molecule has 0 aliphatic carbocycles. The summed E-state index contributed by atoms with van der Waals surface area (Å²) in [6.45, 7) is 4.80. The zero-order chi connectivity index (χ0) is 21.9. The molecular formula is C23H24N6O3. The van der Waals surface area contributed by atoms with Crippen LogP contribution in [0.1, 0.15) is 26.2 Å². The fourth-order valence-electron chi connectivity index (χ4n) is 3.92. The molecule has 0 saturated carbocycles. The van der Waals surface area contributed by atoms with Crippen LogP contribution in [0, 0.1) is 0 Å². The van der Waals surface area contributed by atoms with Crippen molar-refractivity contribution < 1.29 is 14.1 Å². The lowest BCUT2D eigenvalue weighted by atomic mass is 10.2. The van der Waals surface area contributed by atoms with Gasteiger partial charge in [-0.3, -0.25) is 4.79 Å². The lowest BCUT2D eigenvalue weighted by Gasteiger charge is -2.14. The normalized spacial score (nSPS) is 13.7. The molecule has 0 atom stereocenters. The van der Waals surface area contributed by atoms with Crippen molar-refractivity contribution >= 4 is 16.9 Å². The highest BCUT2D eigenvalue weighted by Gasteiger charge is 2.18. The minimum Gasteiger partial charge on any atom is -0.494 e. The van der Waals surface area contributed by atoms with Crippen molar-refractivity contribution in [2.24, 2.45) is 0 Å². The van der Waals surface area contributed by atoms with Gasteiger partial charge in [0.2, 0.25) is 11.7 Å². The molecule has 1 amide bonds. The summed E-state index contributed by atoms with van der Waals surface area (Å²) in [5, 5.41) is 12.6. The van der Waals surface area contributed by atoms with Crippen molar-refractivity contribution in [3.8, 4) is 28.6 Å². The number of hydrogen-bond acceptors (Lipinski definition) is 7. The number of likely N-dealkylation sites (tertiary alicyclic amines) is 1. The Balaban J connectivity index is 1.30. The highest BCUT2D eigenvalue weighted by Crippen LogP contribution is 2.26. The molecule has 0 N–H and O–H groups in total. The van der Waals surface area contributed by atoms with Crippen LogP contribution in [0.3, 0.4) is 0 Å². The first-order valence-electron chi connectivity index (χ1n) is 10.9. The topological polar surface area (TPSA) is 99.2 Å². The number of benzene rings is 2. The summed E-state index contributed by atoms with van der Waals surface area (Å²) in [7, 11) is 0. The van der Waals surface area contributed by atoms with Crippen LogP contribution >= 0.6 is 0 Å². The molecule has 1 saturated heterocycles. The Labute approximate surface area is 185 Å². The van der Waals surface area contributed by atoms with Crippen LogP contribution in [0.2, 0.25) is 0 Å². The van der Waals surface area contributed by atoms with E-state index in [1.807, 2.05) is 54.3 Å². The lowest BCUT2D eigenvalue weighted by Crippen LogP contribution is -2.28. The summed E-state index contributed by atoms with van der Waals surface area (Å²) in [6.07, 6.45) is 2.62. The number of amides is 1. The third kappa shape index (κ3) is 4.05. The van der Waals surface area contributed by atoms with Gasteiger partial charge in [0.15, 0.2) is 0 Å². The van der Waals surface area contributed by atoms with Crippen molar-refractivity contribution in [2.75, 3.05) is 19.7 Å². The van der Waals surface area contributed by atoms with E-state index in [-0.39, 0.29) is 5.91 Å². The second-order valence-electron chi connectivity index (χ2n) is 7.73. The summed E-state index contributed by atoms with van der Waals surface area (Å²) < 4.78 is 12.7. The molecule has 32 heavy (non-hydrogen) atoms. The molecule has 1 aliphatic rings. The van der Waals surface area contributed by atoms with E-state index in [1.54, 1.807) is 4.68 Å². The number of rotatable bonds is 7. The van der Waals surface area contributed by atoms with E-state index in [4.69, 9.17) is 9.26 Å². The van der Waals surface area contributed by atoms with Gasteiger partial charge in [0, 0.05) is 30.6 Å². The lowest BCUT2D eigenvalue weighted by molar-refractivity contribution is -0.130. The van der Waals surface area contributed by atoms with Crippen molar-refractivity contribution in [3.63, 3.8) is 0 Å². The number of carbonyl (C=O) groups excluding carboxylic acids is 1. The average molecular weight is 432 g/mol. The molecule has 1 aliphatic heterocycles. The summed E-state index contributed by atoms with van der Waals surface area (Å²) in [5.74, 6) is 1.89. The van der Waals surface area contributed by atoms with Crippen molar-refractivity contribution in [2.45, 2.75) is 32.7 Å². The van der Waals surface area contributed by atoms with E-state index in [2.05, 4.69) is 20.5 Å². The number of aromatic nitrogens is 5. The third-order valence-electron chi connectivity index (χ3n) is 5.61. The Kier molecular flexibility index (Phi) is 5.53. The van der Waals surface area contributed by atoms with Crippen LogP contribution in [0.25, 0.3) is 33.9 Å². The van der Waals surface area contributed by atoms with Crippen LogP contribution in [0.4, 0.5) is 0 Å². The van der Waals surface area contributed by atoms with Crippen LogP contribution in [-0.4, -0.2) is 55.6 Å². The van der Waals surface area contributed by atoms with Gasteiger partial charge in [0.05, 0.1) is 18.7 Å². The van der Waals surface area contributed by atoms with Gasteiger partial charge in [-0.1, -0.05) is 10.4 Å². The van der Waals surface area contributed by atoms with Crippen LogP contribution in [0.5, 0.6) is 5.75 Å². The van der Waals surface area contributed by atoms with Crippen LogP contribution < -0.4 is 4.74 Å². The smallest absolute Gasteiger partial charge is 0.258 e. The zero-order valence-corrected chi connectivity index (χ0v) is 17.9. The molecule has 0 radical (unpaired) electrons. The SMILES string of the molecule is CCOc1ccc(-c2nc(-c3ccc4c(c3)nnn4CCC(=O)N3CCCC3)no2)cc1. The molecule has 1 fully saturated rings. The molecule has 5 rings (SSSR count). The number of carbonyl (C=O) groups is 1. The van der Waals surface area contributed by atoms with E-state index in [0.717, 1.165) is 53.8 Å². The number of fused-ring (bicyclic) bond motifs is 1. The van der Waals surface area contributed by atoms with Gasteiger partial charge in [-0.2, -0.15) is 4.98 Å². The molecular weight excluding hydrogens is 408 g/mol. The summed E-state index contributed by atoms with van der Waals surface area (Å²) in [4.78, 5) is 18.8. The Bertz CT molecular complexity index is 1220. The predicted octanol–water partition coefficient (Wildman–Crippen LogP) is 3.56. The quantitative estimate of drug-likeness (QED) is 0.440. The van der Waals surface area contributed by atoms with Gasteiger partial charge in [0.25, 0.3) is 5.89 Å². The molecule has 2 aromatic heterocycles. The molecule has 4 aromatic rings. The number of nitrogens with zero attached hydrogens (tertiary/aromatic N) is 6. The van der Waals surface area contributed by atoms with Crippen LogP contribution in [0.15, 0.2) is 47.0 Å². The molecule has 9 nitrogen and oxygen atoms in total. The predicted molar refractivity (Wildman–Crippen MR) is 118 cm³/mol. The van der Waals surface area contributed by atoms with Crippen molar-refractivity contribution in [1.82, 2.24) is 30.0 Å². The zero-order valence-electron chi connectivity index (χ0n) is 17.9. The second kappa shape index (κ2) is 8.78. The highest BCUT2D eigenvalue weighted by molar-refractivity contribution is 5.80. The average Bonchev–Trinajstić information content (AvgIpc) is 3.59. The molecule has 0 bridgehead atoms. The maximum Gasteiger partial charge on any atom is 0.258 e. The number of hydrogen-bond donors (Lipinski definition) is 0. The molecule has 164 valence electrons. The third-order valence-corrected chi connectivity index (χ3v) is 5.61. The monoisotopic (exact) mass is 432 g/mol. The fraction of sp³-hybridized carbons (Fsp3) is 0.348. The van der Waals surface area contributed by atoms with E-state index < -0.39 is 0 Å². The van der Waals surface area contributed by atoms with Gasteiger partial charge in [-0.05, 0) is 62.2 Å². The Morgan fingerprint density at radius 1 is 1.09 bits per heavy atom. The van der Waals surface area contributed by atoms with E-state index in [9.17, 15) is 4.79 Å². The van der Waals surface area contributed by atoms with E-state index in [0.29, 0.717) is 31.3 Å². The van der Waals surface area contributed by atoms with E-state index >= 15 is 0 Å². The van der Waals surface area contributed by atoms with Crippen LogP contribution in [-0.2, 0) is 11.3 Å². The minimum atomic E-state index is 0.177. The molecule has 9 heteroatoms. The van der Waals surface area contributed by atoms with Gasteiger partial charge in [-0.15, -0.1) is 5.10 Å². The first-order chi connectivity index (χ1) is 15.7. The minimum absolute atomic E-state index is 0.177. The standard InChI is InChI=1S/C23H24N6O3/c1-2-31-18-8-5-16(6-9-18)23-24-22(26-32-23)17-7-10-20-19(15-17)25-27-29(20)14-11-21(30)28-12-3-4-13-28/h5-10,15H,2-4,11-14H2,1H3. The maximum atomic E-state index is 12.3. The summed E-state index contributed by atoms with van der Waals surface area (Å²) >= 11 is 0. The molecule has 0 unspecified atom stereocenters. The number of ether oxygens (including phenoxy) is 1. The highest BCUT2D eigenvalue weighted by atomic mass is 16.5. The Morgan fingerprint density at radius 3 is 2.66 bits per heavy atom.